The number of para-hydroxylation sites is 1. The average Bonchev–Trinajstić information content (AvgIpc) is 2.77. The Balaban J connectivity index is 2.02. The number of benzene rings is 2. The molecule has 0 spiro atoms. The molecular weight excluding hydrogens is 250 g/mol. The van der Waals surface area contributed by atoms with E-state index in [2.05, 4.69) is 10.2 Å². The maximum atomic E-state index is 11.4. The fraction of sp³-hybridized carbons (Fsp3) is 0.188. The number of hydrogen-bond acceptors (Lipinski definition) is 3. The van der Waals surface area contributed by atoms with Crippen molar-refractivity contribution >= 4 is 28.7 Å². The lowest BCUT2D eigenvalue weighted by Crippen LogP contribution is -2.13. The maximum absolute atomic E-state index is 11.4. The molecule has 0 aromatic heterocycles. The minimum atomic E-state index is 0.0511. The summed E-state index contributed by atoms with van der Waals surface area (Å²) in [6, 6.07) is 11.9. The highest BCUT2D eigenvalue weighted by Gasteiger charge is 2.19. The number of nitrogens with one attached hydrogen (secondary N) is 1. The van der Waals surface area contributed by atoms with Crippen LogP contribution in [0.3, 0.4) is 0 Å². The predicted molar refractivity (Wildman–Crippen MR) is 82.4 cm³/mol. The standard InChI is InChI=1S/C16H17N3O/c1-10-4-3-5-13(17)16(10)19(2)12-6-7-14-11(8-12)9-15(20)18-14/h3-8H,9,17H2,1-2H3,(H,18,20). The van der Waals surface area contributed by atoms with Crippen molar-refractivity contribution in [3.63, 3.8) is 0 Å². The molecule has 0 saturated carbocycles. The molecule has 0 fully saturated rings. The lowest BCUT2D eigenvalue weighted by molar-refractivity contribution is -0.115. The number of carbonyl (C=O) groups excluding carboxylic acids is 1. The molecule has 2 aromatic carbocycles. The van der Waals surface area contributed by atoms with Crippen molar-refractivity contribution < 1.29 is 4.79 Å². The summed E-state index contributed by atoms with van der Waals surface area (Å²) in [5.41, 5.74) is 11.9. The van der Waals surface area contributed by atoms with E-state index in [4.69, 9.17) is 5.73 Å². The lowest BCUT2D eigenvalue weighted by atomic mass is 10.1. The second kappa shape index (κ2) is 4.56. The van der Waals surface area contributed by atoms with Gasteiger partial charge in [-0.15, -0.1) is 0 Å². The molecule has 0 radical (unpaired) electrons. The molecule has 0 unspecified atom stereocenters. The Kier molecular flexibility index (Phi) is 2.86. The molecular formula is C16H17N3O. The van der Waals surface area contributed by atoms with E-state index in [1.807, 2.05) is 50.4 Å². The molecule has 2 aromatic rings. The van der Waals surface area contributed by atoms with E-state index in [1.165, 1.54) is 0 Å². The van der Waals surface area contributed by atoms with Gasteiger partial charge >= 0.3 is 0 Å². The van der Waals surface area contributed by atoms with Crippen LogP contribution < -0.4 is 16.0 Å². The van der Waals surface area contributed by atoms with Crippen LogP contribution in [0.2, 0.25) is 0 Å². The van der Waals surface area contributed by atoms with Gasteiger partial charge in [-0.2, -0.15) is 0 Å². The molecule has 3 N–H and O–H groups in total. The van der Waals surface area contributed by atoms with Crippen molar-refractivity contribution in [1.29, 1.82) is 0 Å². The monoisotopic (exact) mass is 267 g/mol. The van der Waals surface area contributed by atoms with Gasteiger partial charge in [0.1, 0.15) is 0 Å². The predicted octanol–water partition coefficient (Wildman–Crippen LogP) is 2.84. The van der Waals surface area contributed by atoms with E-state index < -0.39 is 0 Å². The Bertz CT molecular complexity index is 674. The summed E-state index contributed by atoms with van der Waals surface area (Å²) in [4.78, 5) is 13.5. The number of fused-ring (bicyclic) bond motifs is 1. The van der Waals surface area contributed by atoms with Crippen LogP contribution in [0.15, 0.2) is 36.4 Å². The van der Waals surface area contributed by atoms with Gasteiger partial charge in [0.15, 0.2) is 0 Å². The van der Waals surface area contributed by atoms with Crippen molar-refractivity contribution in [2.24, 2.45) is 0 Å². The molecule has 1 aliphatic heterocycles. The van der Waals surface area contributed by atoms with E-state index in [0.29, 0.717) is 6.42 Å². The number of nitrogen functional groups attached to an aromatic ring is 1. The summed E-state index contributed by atoms with van der Waals surface area (Å²) < 4.78 is 0. The Morgan fingerprint density at radius 1 is 1.25 bits per heavy atom. The first kappa shape index (κ1) is 12.5. The minimum absolute atomic E-state index is 0.0511. The summed E-state index contributed by atoms with van der Waals surface area (Å²) in [6.07, 6.45) is 0.445. The van der Waals surface area contributed by atoms with Crippen LogP contribution in [-0.4, -0.2) is 13.0 Å². The van der Waals surface area contributed by atoms with Crippen LogP contribution in [0.4, 0.5) is 22.7 Å². The normalized spacial score (nSPS) is 13.0. The summed E-state index contributed by atoms with van der Waals surface area (Å²) in [5, 5.41) is 2.84. The number of hydrogen-bond donors (Lipinski definition) is 2. The number of carbonyl (C=O) groups is 1. The molecule has 1 aliphatic rings. The molecule has 3 rings (SSSR count). The largest absolute Gasteiger partial charge is 0.397 e. The average molecular weight is 267 g/mol. The van der Waals surface area contributed by atoms with Crippen LogP contribution in [0.1, 0.15) is 11.1 Å². The van der Waals surface area contributed by atoms with Crippen molar-refractivity contribution in [3.05, 3.63) is 47.5 Å². The third-order valence-electron chi connectivity index (χ3n) is 3.71. The number of nitrogens with two attached hydrogens (primary N) is 1. The zero-order valence-electron chi connectivity index (χ0n) is 11.6. The Hall–Kier alpha value is -2.49. The molecule has 1 amide bonds. The fourth-order valence-corrected chi connectivity index (χ4v) is 2.69. The molecule has 20 heavy (non-hydrogen) atoms. The van der Waals surface area contributed by atoms with Crippen LogP contribution in [-0.2, 0) is 11.2 Å². The van der Waals surface area contributed by atoms with Crippen LogP contribution in [0, 0.1) is 6.92 Å². The van der Waals surface area contributed by atoms with E-state index in [-0.39, 0.29) is 5.91 Å². The Labute approximate surface area is 118 Å². The lowest BCUT2D eigenvalue weighted by Gasteiger charge is -2.24. The van der Waals surface area contributed by atoms with E-state index in [0.717, 1.165) is 33.9 Å². The van der Waals surface area contributed by atoms with E-state index in [1.54, 1.807) is 0 Å². The van der Waals surface area contributed by atoms with Gasteiger partial charge in [0.2, 0.25) is 5.91 Å². The molecule has 0 bridgehead atoms. The van der Waals surface area contributed by atoms with Gasteiger partial charge in [-0.25, -0.2) is 0 Å². The second-order valence-electron chi connectivity index (χ2n) is 5.14. The van der Waals surface area contributed by atoms with Gasteiger partial charge in [0.25, 0.3) is 0 Å². The molecule has 1 heterocycles. The molecule has 4 nitrogen and oxygen atoms in total. The highest BCUT2D eigenvalue weighted by molar-refractivity contribution is 5.99. The van der Waals surface area contributed by atoms with Crippen molar-refractivity contribution in [2.75, 3.05) is 23.0 Å². The van der Waals surface area contributed by atoms with Crippen molar-refractivity contribution in [3.8, 4) is 0 Å². The number of aryl methyl sites for hydroxylation is 1. The van der Waals surface area contributed by atoms with Gasteiger partial charge in [-0.05, 0) is 42.3 Å². The van der Waals surface area contributed by atoms with Crippen molar-refractivity contribution in [2.45, 2.75) is 13.3 Å². The van der Waals surface area contributed by atoms with Crippen molar-refractivity contribution in [1.82, 2.24) is 0 Å². The van der Waals surface area contributed by atoms with Gasteiger partial charge in [0, 0.05) is 18.4 Å². The second-order valence-corrected chi connectivity index (χ2v) is 5.14. The maximum Gasteiger partial charge on any atom is 0.228 e. The van der Waals surface area contributed by atoms with E-state index in [9.17, 15) is 4.79 Å². The van der Waals surface area contributed by atoms with Crippen LogP contribution in [0.25, 0.3) is 0 Å². The third-order valence-corrected chi connectivity index (χ3v) is 3.71. The van der Waals surface area contributed by atoms with Crippen LogP contribution >= 0.6 is 0 Å². The first-order chi connectivity index (χ1) is 9.56. The molecule has 4 heteroatoms. The molecule has 0 aliphatic carbocycles. The zero-order valence-corrected chi connectivity index (χ0v) is 11.6. The van der Waals surface area contributed by atoms with E-state index >= 15 is 0 Å². The first-order valence-electron chi connectivity index (χ1n) is 6.58. The number of anilines is 4. The minimum Gasteiger partial charge on any atom is -0.397 e. The molecule has 0 atom stereocenters. The Morgan fingerprint density at radius 3 is 2.80 bits per heavy atom. The molecule has 0 saturated heterocycles. The zero-order chi connectivity index (χ0) is 14.3. The third kappa shape index (κ3) is 1.99. The summed E-state index contributed by atoms with van der Waals surface area (Å²) in [5.74, 6) is 0.0511. The highest BCUT2D eigenvalue weighted by Crippen LogP contribution is 2.34. The van der Waals surface area contributed by atoms with Gasteiger partial charge in [-0.1, -0.05) is 12.1 Å². The molecule has 102 valence electrons. The summed E-state index contributed by atoms with van der Waals surface area (Å²) in [7, 11) is 1.99. The van der Waals surface area contributed by atoms with Gasteiger partial charge in [0.05, 0.1) is 17.8 Å². The Morgan fingerprint density at radius 2 is 2.05 bits per heavy atom. The summed E-state index contributed by atoms with van der Waals surface area (Å²) in [6.45, 7) is 2.04. The number of nitrogens with zero attached hydrogens (tertiary/aromatic N) is 1. The fourth-order valence-electron chi connectivity index (χ4n) is 2.69. The van der Waals surface area contributed by atoms with Gasteiger partial charge < -0.3 is 16.0 Å². The quantitative estimate of drug-likeness (QED) is 0.823. The number of amides is 1. The first-order valence-corrected chi connectivity index (χ1v) is 6.58. The SMILES string of the molecule is Cc1cccc(N)c1N(C)c1ccc2c(c1)CC(=O)N2. The van der Waals surface area contributed by atoms with Gasteiger partial charge in [-0.3, -0.25) is 4.79 Å². The smallest absolute Gasteiger partial charge is 0.228 e. The number of rotatable bonds is 2. The topological polar surface area (TPSA) is 58.4 Å². The highest BCUT2D eigenvalue weighted by atomic mass is 16.1. The summed E-state index contributed by atoms with van der Waals surface area (Å²) >= 11 is 0. The van der Waals surface area contributed by atoms with Crippen LogP contribution in [0.5, 0.6) is 0 Å².